The number of hydrogen-bond donors (Lipinski definition) is 0. The van der Waals surface area contributed by atoms with Crippen LogP contribution < -0.4 is 0 Å². The summed E-state index contributed by atoms with van der Waals surface area (Å²) in [6, 6.07) is 33.4. The molecule has 0 N–H and O–H groups in total. The molecule has 0 bridgehead atoms. The van der Waals surface area contributed by atoms with Crippen LogP contribution in [0.1, 0.15) is 70.2 Å². The summed E-state index contributed by atoms with van der Waals surface area (Å²) in [5.74, 6) is 0.798. The minimum absolute atomic E-state index is 0.105. The molecule has 0 fully saturated rings. The van der Waals surface area contributed by atoms with Gasteiger partial charge in [0, 0.05) is 17.3 Å². The lowest BCUT2D eigenvalue weighted by Gasteiger charge is -2.41. The van der Waals surface area contributed by atoms with E-state index in [9.17, 15) is 0 Å². The molecule has 0 heteroatoms. The molecule has 0 aromatic heterocycles. The molecule has 2 atom stereocenters. The Morgan fingerprint density at radius 2 is 1.21 bits per heavy atom. The second-order valence-corrected chi connectivity index (χ2v) is 17.6. The monoisotopic (exact) mass is 680 g/mol. The molecular formula is C53H44. The average molecular weight is 681 g/mol. The molecule has 0 saturated heterocycles. The highest BCUT2D eigenvalue weighted by Gasteiger charge is 2.41. The van der Waals surface area contributed by atoms with Gasteiger partial charge in [-0.2, -0.15) is 0 Å². The zero-order chi connectivity index (χ0) is 36.0. The van der Waals surface area contributed by atoms with Crippen LogP contribution >= 0.6 is 0 Å². The summed E-state index contributed by atoms with van der Waals surface area (Å²) in [5.41, 5.74) is 19.5. The molecular weight excluding hydrogens is 637 g/mol. The highest BCUT2D eigenvalue weighted by atomic mass is 14.4. The second kappa shape index (κ2) is 10.6. The molecule has 0 saturated carbocycles. The molecule has 0 aliphatic heterocycles. The Morgan fingerprint density at radius 1 is 0.566 bits per heavy atom. The van der Waals surface area contributed by atoms with Crippen molar-refractivity contribution >= 4 is 37.9 Å². The van der Waals surface area contributed by atoms with Crippen molar-refractivity contribution in [3.05, 3.63) is 184 Å². The number of hydrogen-bond acceptors (Lipinski definition) is 0. The summed E-state index contributed by atoms with van der Waals surface area (Å²) in [6.45, 7) is 14.0. The Morgan fingerprint density at radius 3 is 1.96 bits per heavy atom. The van der Waals surface area contributed by atoms with E-state index in [4.69, 9.17) is 0 Å². The molecule has 0 amide bonds. The molecule has 5 aliphatic carbocycles. The lowest BCUT2D eigenvalue weighted by molar-refractivity contribution is 0.565. The lowest BCUT2D eigenvalue weighted by atomic mass is 9.62. The Hall–Kier alpha value is -5.46. The Bertz CT molecular complexity index is 2840. The van der Waals surface area contributed by atoms with Crippen molar-refractivity contribution in [3.63, 3.8) is 0 Å². The Labute approximate surface area is 313 Å². The van der Waals surface area contributed by atoms with Gasteiger partial charge in [-0.1, -0.05) is 163 Å². The minimum atomic E-state index is -0.123. The van der Waals surface area contributed by atoms with Gasteiger partial charge < -0.3 is 0 Å². The van der Waals surface area contributed by atoms with Crippen molar-refractivity contribution in [3.8, 4) is 22.3 Å². The molecule has 256 valence electrons. The van der Waals surface area contributed by atoms with Crippen LogP contribution in [0, 0.1) is 11.8 Å². The van der Waals surface area contributed by atoms with Crippen molar-refractivity contribution in [1.82, 2.24) is 0 Å². The fraction of sp³-hybridized carbons (Fsp3) is 0.208. The molecule has 5 aliphatic rings. The van der Waals surface area contributed by atoms with Gasteiger partial charge in [-0.25, -0.2) is 0 Å². The van der Waals surface area contributed by atoms with Crippen molar-refractivity contribution in [2.24, 2.45) is 11.8 Å². The van der Waals surface area contributed by atoms with Gasteiger partial charge in [0.05, 0.1) is 0 Å². The number of rotatable bonds is 3. The lowest BCUT2D eigenvalue weighted by Crippen LogP contribution is -2.30. The van der Waals surface area contributed by atoms with Crippen LogP contribution in [0.2, 0.25) is 0 Å². The first-order chi connectivity index (χ1) is 25.6. The summed E-state index contributed by atoms with van der Waals surface area (Å²) in [7, 11) is 0. The van der Waals surface area contributed by atoms with Crippen molar-refractivity contribution in [2.75, 3.05) is 0 Å². The van der Waals surface area contributed by atoms with E-state index < -0.39 is 0 Å². The topological polar surface area (TPSA) is 0 Å². The van der Waals surface area contributed by atoms with Crippen LogP contribution in [0.4, 0.5) is 0 Å². The molecule has 0 spiro atoms. The second-order valence-electron chi connectivity index (χ2n) is 17.6. The SMILES string of the molecule is CCC1=CC2=CC=C3C(c4ccc5c(c4)C(C)(C)c4cc(-c6ccc7ccc8cc(C(C)(C)C)cc9ccc6c7c89)ccc4-5)=CC=C4C=CC(=C1)C2C43. The normalized spacial score (nSPS) is 20.7. The largest absolute Gasteiger partial charge is 0.0613 e. The molecule has 6 aromatic carbocycles. The third kappa shape index (κ3) is 4.30. The summed E-state index contributed by atoms with van der Waals surface area (Å²) >= 11 is 0. The van der Waals surface area contributed by atoms with E-state index in [0.29, 0.717) is 11.8 Å². The van der Waals surface area contributed by atoms with Gasteiger partial charge in [-0.05, 0) is 134 Å². The predicted octanol–water partition coefficient (Wildman–Crippen LogP) is 14.1. The Kier molecular flexibility index (Phi) is 6.20. The zero-order valence-electron chi connectivity index (χ0n) is 31.6. The van der Waals surface area contributed by atoms with Gasteiger partial charge in [0.2, 0.25) is 0 Å². The summed E-state index contributed by atoms with van der Waals surface area (Å²) in [5, 5.41) is 8.09. The smallest absolute Gasteiger partial charge is 0.0205 e. The molecule has 0 nitrogen and oxygen atoms in total. The van der Waals surface area contributed by atoms with E-state index in [0.717, 1.165) is 6.42 Å². The fourth-order valence-corrected chi connectivity index (χ4v) is 10.4. The molecule has 53 heavy (non-hydrogen) atoms. The summed E-state index contributed by atoms with van der Waals surface area (Å²) < 4.78 is 0. The van der Waals surface area contributed by atoms with Crippen LogP contribution in [0.25, 0.3) is 60.1 Å². The standard InChI is InChI=1S/C53H44/c1-7-30-24-35-10-8-31-12-18-40(44-22-16-36(25-30)48(35)50(31)44)33-14-20-42-43-21-15-34(29-47(43)53(5,6)46(42)28-33)41-19-13-32-9-11-37-26-39(52(2,3)4)27-38-17-23-45(41)51(32)49(37)38/h8-29,48,50H,7H2,1-6H3. The summed E-state index contributed by atoms with van der Waals surface area (Å²) in [6.07, 6.45) is 20.2. The summed E-state index contributed by atoms with van der Waals surface area (Å²) in [4.78, 5) is 0. The maximum Gasteiger partial charge on any atom is 0.0205 e. The van der Waals surface area contributed by atoms with Gasteiger partial charge >= 0.3 is 0 Å². The van der Waals surface area contributed by atoms with E-state index >= 15 is 0 Å². The van der Waals surface area contributed by atoms with E-state index in [1.54, 1.807) is 0 Å². The maximum absolute atomic E-state index is 2.51. The number of fused-ring (bicyclic) bond motifs is 3. The average Bonchev–Trinajstić information content (AvgIpc) is 3.39. The fourth-order valence-electron chi connectivity index (χ4n) is 10.4. The predicted molar refractivity (Wildman–Crippen MR) is 227 cm³/mol. The molecule has 0 radical (unpaired) electrons. The molecule has 2 unspecified atom stereocenters. The molecule has 6 aromatic rings. The van der Waals surface area contributed by atoms with Gasteiger partial charge in [-0.15, -0.1) is 0 Å². The van der Waals surface area contributed by atoms with Gasteiger partial charge in [0.15, 0.2) is 0 Å². The van der Waals surface area contributed by atoms with Gasteiger partial charge in [-0.3, -0.25) is 0 Å². The van der Waals surface area contributed by atoms with E-state index in [-0.39, 0.29) is 10.8 Å². The third-order valence-corrected chi connectivity index (χ3v) is 13.3. The number of allylic oxidation sites excluding steroid dienone is 14. The molecule has 0 heterocycles. The van der Waals surface area contributed by atoms with Crippen molar-refractivity contribution in [1.29, 1.82) is 0 Å². The van der Waals surface area contributed by atoms with E-state index in [2.05, 4.69) is 175 Å². The van der Waals surface area contributed by atoms with Crippen LogP contribution in [-0.4, -0.2) is 0 Å². The highest BCUT2D eigenvalue weighted by Crippen LogP contribution is 2.55. The molecule has 11 rings (SSSR count). The highest BCUT2D eigenvalue weighted by molar-refractivity contribution is 6.25. The quantitative estimate of drug-likeness (QED) is 0.163. The first-order valence-electron chi connectivity index (χ1n) is 19.5. The van der Waals surface area contributed by atoms with E-state index in [1.807, 2.05) is 0 Å². The van der Waals surface area contributed by atoms with E-state index in [1.165, 1.54) is 110 Å². The van der Waals surface area contributed by atoms with Crippen molar-refractivity contribution < 1.29 is 0 Å². The van der Waals surface area contributed by atoms with Crippen LogP contribution in [-0.2, 0) is 10.8 Å². The third-order valence-electron chi connectivity index (χ3n) is 13.3. The Balaban J connectivity index is 1.00. The van der Waals surface area contributed by atoms with Crippen LogP contribution in [0.3, 0.4) is 0 Å². The maximum atomic E-state index is 2.51. The van der Waals surface area contributed by atoms with Crippen LogP contribution in [0.15, 0.2) is 161 Å². The van der Waals surface area contributed by atoms with Crippen molar-refractivity contribution in [2.45, 2.75) is 58.8 Å². The zero-order valence-corrected chi connectivity index (χ0v) is 31.6. The minimum Gasteiger partial charge on any atom is -0.0613 e. The first kappa shape index (κ1) is 31.1. The first-order valence-corrected chi connectivity index (χ1v) is 19.5. The van der Waals surface area contributed by atoms with Gasteiger partial charge in [0.25, 0.3) is 0 Å². The van der Waals surface area contributed by atoms with Gasteiger partial charge in [0.1, 0.15) is 0 Å². The number of benzene rings is 6. The van der Waals surface area contributed by atoms with Crippen LogP contribution in [0.5, 0.6) is 0 Å².